The van der Waals surface area contributed by atoms with E-state index in [2.05, 4.69) is 32.3 Å². The summed E-state index contributed by atoms with van der Waals surface area (Å²) in [7, 11) is 1.76. The number of carbonyl (C=O) groups is 1. The van der Waals surface area contributed by atoms with Gasteiger partial charge in [-0.15, -0.1) is 11.3 Å². The number of likely N-dealkylation sites (tertiary alicyclic amines) is 1. The zero-order chi connectivity index (χ0) is 29.7. The summed E-state index contributed by atoms with van der Waals surface area (Å²) in [5, 5.41) is 11.3. The van der Waals surface area contributed by atoms with Gasteiger partial charge in [0, 0.05) is 67.6 Å². The van der Waals surface area contributed by atoms with E-state index in [9.17, 15) is 9.18 Å². The molecule has 43 heavy (non-hydrogen) atoms. The van der Waals surface area contributed by atoms with Gasteiger partial charge in [0.2, 0.25) is 0 Å². The molecule has 2 aliphatic rings. The summed E-state index contributed by atoms with van der Waals surface area (Å²) in [5.41, 5.74) is 4.40. The summed E-state index contributed by atoms with van der Waals surface area (Å²) >= 11 is 15.1. The minimum absolute atomic E-state index is 0.170. The first-order valence-corrected chi connectivity index (χ1v) is 15.6. The highest BCUT2D eigenvalue weighted by atomic mass is 35.5. The number of ether oxygens (including phenoxy) is 1. The molecule has 0 spiro atoms. The molecule has 7 rings (SSSR count). The fourth-order valence-electron chi connectivity index (χ4n) is 5.99. The van der Waals surface area contributed by atoms with Crippen molar-refractivity contribution in [3.63, 3.8) is 0 Å². The highest BCUT2D eigenvalue weighted by Crippen LogP contribution is 2.39. The predicted octanol–water partition coefficient (Wildman–Crippen LogP) is 6.01. The molecular formula is C30H28Cl2FN7O2S. The van der Waals surface area contributed by atoms with Crippen molar-refractivity contribution in [2.45, 2.75) is 44.2 Å². The molecule has 1 amide bonds. The maximum atomic E-state index is 14.3. The van der Waals surface area contributed by atoms with Gasteiger partial charge >= 0.3 is 0 Å². The molecule has 1 saturated heterocycles. The van der Waals surface area contributed by atoms with Gasteiger partial charge in [-0.3, -0.25) is 19.7 Å². The Morgan fingerprint density at radius 3 is 2.81 bits per heavy atom. The number of aromatic nitrogens is 5. The van der Waals surface area contributed by atoms with Crippen molar-refractivity contribution >= 4 is 56.5 Å². The molecule has 0 saturated carbocycles. The molecule has 5 aromatic rings. The number of nitrogens with one attached hydrogen (secondary N) is 1. The first-order valence-electron chi connectivity index (χ1n) is 14.0. The van der Waals surface area contributed by atoms with Gasteiger partial charge in [0.05, 0.1) is 34.7 Å². The standard InChI is InChI=1S/C30H28Cl2FN7O2S/c1-42-20-6-8-38(14-20)12-17-2-4-18(5-3-17)21-11-23(31)22-15-40(37-26(22)25(21)32)28(29(41)36-30-34-7-9-43-30)27-24-10-19(33)13-39(24)16-35-27/h2-5,7,9,11,15-16,19-20,28H,6,8,10,12-14H2,1H3,(H,34,36,41)/t19-,20?,28?/m1/s1. The van der Waals surface area contributed by atoms with E-state index in [1.807, 2.05) is 18.2 Å². The van der Waals surface area contributed by atoms with Crippen LogP contribution in [0.2, 0.25) is 10.0 Å². The average Bonchev–Trinajstić information content (AvgIpc) is 3.82. The third-order valence-electron chi connectivity index (χ3n) is 8.16. The Hall–Kier alpha value is -3.35. The molecule has 1 fully saturated rings. The van der Waals surface area contributed by atoms with Crippen LogP contribution < -0.4 is 5.32 Å². The predicted molar refractivity (Wildman–Crippen MR) is 166 cm³/mol. The van der Waals surface area contributed by atoms with Gasteiger partial charge in [-0.05, 0) is 23.6 Å². The number of halogens is 3. The first kappa shape index (κ1) is 28.4. The van der Waals surface area contributed by atoms with Crippen LogP contribution in [0.1, 0.15) is 29.4 Å². The van der Waals surface area contributed by atoms with Crippen LogP contribution in [0, 0.1) is 0 Å². The number of rotatable bonds is 8. The second-order valence-electron chi connectivity index (χ2n) is 10.9. The van der Waals surface area contributed by atoms with Crippen LogP contribution in [-0.2, 0) is 29.0 Å². The van der Waals surface area contributed by atoms with Crippen LogP contribution in [0.3, 0.4) is 0 Å². The fourth-order valence-corrected chi connectivity index (χ4v) is 7.08. The summed E-state index contributed by atoms with van der Waals surface area (Å²) in [6, 6.07) is 9.09. The molecule has 3 atom stereocenters. The van der Waals surface area contributed by atoms with Crippen molar-refractivity contribution < 1.29 is 13.9 Å². The van der Waals surface area contributed by atoms with E-state index < -0.39 is 18.1 Å². The van der Waals surface area contributed by atoms with E-state index in [1.165, 1.54) is 21.6 Å². The van der Waals surface area contributed by atoms with Crippen molar-refractivity contribution in [1.29, 1.82) is 0 Å². The number of fused-ring (bicyclic) bond motifs is 2. The highest BCUT2D eigenvalue weighted by Gasteiger charge is 2.34. The third-order valence-corrected chi connectivity index (χ3v) is 9.54. The van der Waals surface area contributed by atoms with Crippen molar-refractivity contribution in [1.82, 2.24) is 29.2 Å². The number of methoxy groups -OCH3 is 1. The number of nitrogens with zero attached hydrogens (tertiary/aromatic N) is 6. The topological polar surface area (TPSA) is 90.1 Å². The maximum Gasteiger partial charge on any atom is 0.257 e. The molecule has 13 heteroatoms. The minimum atomic E-state index is -1.04. The number of anilines is 1. The Bertz CT molecular complexity index is 1790. The number of hydrogen-bond acceptors (Lipinski definition) is 7. The molecule has 0 radical (unpaired) electrons. The van der Waals surface area contributed by atoms with E-state index in [4.69, 9.17) is 33.0 Å². The molecule has 2 unspecified atom stereocenters. The summed E-state index contributed by atoms with van der Waals surface area (Å²) in [5.74, 6) is -0.399. The number of amides is 1. The van der Waals surface area contributed by atoms with Gasteiger partial charge < -0.3 is 9.30 Å². The Morgan fingerprint density at radius 1 is 1.23 bits per heavy atom. The molecule has 1 N–H and O–H groups in total. The number of alkyl halides is 1. The summed E-state index contributed by atoms with van der Waals surface area (Å²) in [6.45, 7) is 3.00. The molecular weight excluding hydrogens is 612 g/mol. The van der Waals surface area contributed by atoms with Crippen LogP contribution in [-0.4, -0.2) is 67.6 Å². The lowest BCUT2D eigenvalue weighted by Gasteiger charge is -2.16. The van der Waals surface area contributed by atoms with Gasteiger partial charge in [-0.25, -0.2) is 14.4 Å². The van der Waals surface area contributed by atoms with Gasteiger partial charge in [-0.2, -0.15) is 5.10 Å². The lowest BCUT2D eigenvalue weighted by molar-refractivity contribution is -0.118. The third kappa shape index (κ3) is 5.44. The molecule has 2 aliphatic heterocycles. The molecule has 3 aromatic heterocycles. The molecule has 222 valence electrons. The smallest absolute Gasteiger partial charge is 0.257 e. The number of hydrogen-bond donors (Lipinski definition) is 1. The van der Waals surface area contributed by atoms with Crippen LogP contribution in [0.15, 0.2) is 54.4 Å². The van der Waals surface area contributed by atoms with Gasteiger partial charge in [0.25, 0.3) is 5.91 Å². The number of imidazole rings is 1. The van der Waals surface area contributed by atoms with Gasteiger partial charge in [0.1, 0.15) is 11.7 Å². The van der Waals surface area contributed by atoms with E-state index in [0.29, 0.717) is 43.6 Å². The van der Waals surface area contributed by atoms with Crippen LogP contribution in [0.25, 0.3) is 22.0 Å². The van der Waals surface area contributed by atoms with Gasteiger partial charge in [-0.1, -0.05) is 47.5 Å². The lowest BCUT2D eigenvalue weighted by Crippen LogP contribution is -2.28. The molecule has 9 nitrogen and oxygen atoms in total. The van der Waals surface area contributed by atoms with E-state index in [1.54, 1.807) is 35.8 Å². The highest BCUT2D eigenvalue weighted by molar-refractivity contribution is 7.13. The zero-order valence-electron chi connectivity index (χ0n) is 23.2. The number of thiazole rings is 1. The quantitative estimate of drug-likeness (QED) is 0.224. The largest absolute Gasteiger partial charge is 0.380 e. The van der Waals surface area contributed by atoms with Crippen LogP contribution in [0.4, 0.5) is 9.52 Å². The summed E-state index contributed by atoms with van der Waals surface area (Å²) in [6.07, 6.45) is 5.34. The van der Waals surface area contributed by atoms with E-state index in [0.717, 1.165) is 37.2 Å². The van der Waals surface area contributed by atoms with Gasteiger partial charge in [0.15, 0.2) is 11.2 Å². The van der Waals surface area contributed by atoms with Crippen LogP contribution >= 0.6 is 34.5 Å². The SMILES string of the molecule is COC1CCN(Cc2ccc(-c3cc(Cl)c4cn(C(C(=O)Nc5nccs5)c5ncn6c5C[C@@H](F)C6)nc4c3Cl)cc2)C1. The normalized spacial score (nSPS) is 19.3. The average molecular weight is 641 g/mol. The van der Waals surface area contributed by atoms with Crippen molar-refractivity contribution in [3.8, 4) is 11.1 Å². The van der Waals surface area contributed by atoms with Crippen molar-refractivity contribution in [2.24, 2.45) is 0 Å². The Kier molecular flexibility index (Phi) is 7.68. The van der Waals surface area contributed by atoms with Crippen molar-refractivity contribution in [3.05, 3.63) is 81.4 Å². The maximum absolute atomic E-state index is 14.3. The lowest BCUT2D eigenvalue weighted by atomic mass is 10.0. The van der Waals surface area contributed by atoms with Crippen LogP contribution in [0.5, 0.6) is 0 Å². The summed E-state index contributed by atoms with van der Waals surface area (Å²) in [4.78, 5) is 24.8. The fraction of sp³-hybridized carbons (Fsp3) is 0.333. The second kappa shape index (κ2) is 11.6. The Morgan fingerprint density at radius 2 is 2.07 bits per heavy atom. The number of benzene rings is 2. The zero-order valence-corrected chi connectivity index (χ0v) is 25.5. The number of carbonyl (C=O) groups excluding carboxylic acids is 1. The Labute approximate surface area is 261 Å². The molecule has 0 bridgehead atoms. The van der Waals surface area contributed by atoms with E-state index >= 15 is 0 Å². The minimum Gasteiger partial charge on any atom is -0.380 e. The van der Waals surface area contributed by atoms with E-state index in [-0.39, 0.29) is 13.0 Å². The molecule has 5 heterocycles. The first-order chi connectivity index (χ1) is 20.9. The molecule has 2 aromatic carbocycles. The Balaban J connectivity index is 1.23. The summed E-state index contributed by atoms with van der Waals surface area (Å²) < 4.78 is 23.1. The molecule has 0 aliphatic carbocycles. The monoisotopic (exact) mass is 639 g/mol. The van der Waals surface area contributed by atoms with Crippen molar-refractivity contribution in [2.75, 3.05) is 25.5 Å². The second-order valence-corrected chi connectivity index (χ2v) is 12.6.